The quantitative estimate of drug-likeness (QED) is 0.340. The van der Waals surface area contributed by atoms with Gasteiger partial charge in [0.25, 0.3) is 0 Å². The van der Waals surface area contributed by atoms with Gasteiger partial charge in [-0.25, -0.2) is 18.5 Å². The van der Waals surface area contributed by atoms with Crippen LogP contribution in [0.15, 0.2) is 72.8 Å². The summed E-state index contributed by atoms with van der Waals surface area (Å²) in [5.41, 5.74) is 3.59. The smallest absolute Gasteiger partial charge is 0.416 e. The van der Waals surface area contributed by atoms with E-state index in [0.29, 0.717) is 18.5 Å². The average molecular weight is 507 g/mol. The van der Waals surface area contributed by atoms with Crippen molar-refractivity contribution in [3.63, 3.8) is 0 Å². The minimum absolute atomic E-state index is 0.0587. The van der Waals surface area contributed by atoms with E-state index >= 15 is 0 Å². The van der Waals surface area contributed by atoms with Crippen LogP contribution in [-0.4, -0.2) is 29.5 Å². The van der Waals surface area contributed by atoms with E-state index in [-0.39, 0.29) is 36.1 Å². The second-order valence-electron chi connectivity index (χ2n) is 9.81. The molecule has 0 radical (unpaired) electrons. The Labute approximate surface area is 216 Å². The molecule has 1 aliphatic rings. The Bertz CT molecular complexity index is 1210. The van der Waals surface area contributed by atoms with Crippen molar-refractivity contribution >= 4 is 17.7 Å². The number of imide groups is 1. The number of carbonyl (C=O) groups is 2. The van der Waals surface area contributed by atoms with Crippen LogP contribution in [0.25, 0.3) is 0 Å². The molecule has 3 aromatic carbocycles. The molecule has 1 aliphatic heterocycles. The first kappa shape index (κ1) is 26.3. The van der Waals surface area contributed by atoms with E-state index in [2.05, 4.69) is 5.32 Å². The molecule has 1 fully saturated rings. The van der Waals surface area contributed by atoms with Crippen LogP contribution in [0.3, 0.4) is 0 Å². The number of aryl methyl sites for hydroxylation is 1. The second kappa shape index (κ2) is 11.5. The van der Waals surface area contributed by atoms with Gasteiger partial charge in [0.15, 0.2) is 0 Å². The molecule has 194 valence electrons. The number of rotatable bonds is 9. The Balaban J connectivity index is 1.69. The van der Waals surface area contributed by atoms with Gasteiger partial charge in [-0.2, -0.15) is 0 Å². The van der Waals surface area contributed by atoms with Gasteiger partial charge >= 0.3 is 6.09 Å². The molecule has 0 unspecified atom stereocenters. The van der Waals surface area contributed by atoms with E-state index < -0.39 is 18.1 Å². The molecule has 0 spiro atoms. The SMILES string of the molecule is Cc1ccc([C@@H](Nc2ccc(F)cc2)[C@@H](CC[C@H](C)c2ccc(F)cc2)C(=O)N2C(=O)OC[C@@H]2C)cc1. The molecule has 3 aromatic rings. The van der Waals surface area contributed by atoms with Crippen LogP contribution in [0.1, 0.15) is 55.3 Å². The Kier molecular flexibility index (Phi) is 8.21. The number of anilines is 1. The number of cyclic esters (lactones) is 1. The minimum Gasteiger partial charge on any atom is -0.447 e. The number of halogens is 2. The van der Waals surface area contributed by atoms with Crippen molar-refractivity contribution < 1.29 is 23.1 Å². The minimum atomic E-state index is -0.640. The molecule has 4 rings (SSSR count). The molecule has 4 atom stereocenters. The number of ether oxygens (including phenoxy) is 1. The van der Waals surface area contributed by atoms with Crippen molar-refractivity contribution in [3.05, 3.63) is 101 Å². The third kappa shape index (κ3) is 6.34. The van der Waals surface area contributed by atoms with Crippen molar-refractivity contribution in [2.45, 2.75) is 51.6 Å². The maximum atomic E-state index is 14.0. The Hall–Kier alpha value is -3.74. The molecule has 1 saturated heterocycles. The molecule has 7 heteroatoms. The summed E-state index contributed by atoms with van der Waals surface area (Å²) in [4.78, 5) is 27.7. The lowest BCUT2D eigenvalue weighted by Crippen LogP contribution is -2.44. The van der Waals surface area contributed by atoms with Crippen LogP contribution < -0.4 is 5.32 Å². The second-order valence-corrected chi connectivity index (χ2v) is 9.81. The van der Waals surface area contributed by atoms with E-state index in [1.807, 2.05) is 38.1 Å². The van der Waals surface area contributed by atoms with Crippen molar-refractivity contribution in [2.75, 3.05) is 11.9 Å². The molecule has 37 heavy (non-hydrogen) atoms. The van der Waals surface area contributed by atoms with Gasteiger partial charge in [0.2, 0.25) is 5.91 Å². The van der Waals surface area contributed by atoms with Gasteiger partial charge in [0.05, 0.1) is 18.0 Å². The molecule has 2 amide bonds. The Morgan fingerprint density at radius 2 is 1.51 bits per heavy atom. The normalized spacial score (nSPS) is 17.7. The molecule has 0 saturated carbocycles. The lowest BCUT2D eigenvalue weighted by molar-refractivity contribution is -0.134. The number of hydrogen-bond acceptors (Lipinski definition) is 4. The van der Waals surface area contributed by atoms with Crippen LogP contribution in [-0.2, 0) is 9.53 Å². The van der Waals surface area contributed by atoms with Crippen molar-refractivity contribution in [1.29, 1.82) is 0 Å². The zero-order valence-electron chi connectivity index (χ0n) is 21.3. The Morgan fingerprint density at radius 1 is 0.946 bits per heavy atom. The summed E-state index contributed by atoms with van der Waals surface area (Å²) in [5.74, 6) is -1.53. The highest BCUT2D eigenvalue weighted by Gasteiger charge is 2.41. The van der Waals surface area contributed by atoms with Crippen LogP contribution in [0.2, 0.25) is 0 Å². The third-order valence-corrected chi connectivity index (χ3v) is 7.00. The lowest BCUT2D eigenvalue weighted by atomic mass is 9.84. The van der Waals surface area contributed by atoms with E-state index in [9.17, 15) is 18.4 Å². The first-order valence-electron chi connectivity index (χ1n) is 12.6. The van der Waals surface area contributed by atoms with Crippen molar-refractivity contribution in [2.24, 2.45) is 5.92 Å². The largest absolute Gasteiger partial charge is 0.447 e. The maximum Gasteiger partial charge on any atom is 0.416 e. The van der Waals surface area contributed by atoms with Crippen LogP contribution in [0.5, 0.6) is 0 Å². The number of amides is 2. The fourth-order valence-corrected chi connectivity index (χ4v) is 4.74. The third-order valence-electron chi connectivity index (χ3n) is 7.00. The zero-order valence-corrected chi connectivity index (χ0v) is 21.3. The maximum absolute atomic E-state index is 14.0. The summed E-state index contributed by atoms with van der Waals surface area (Å²) in [7, 11) is 0. The number of nitrogens with one attached hydrogen (secondary N) is 1. The van der Waals surface area contributed by atoms with Gasteiger partial charge in [-0.15, -0.1) is 0 Å². The monoisotopic (exact) mass is 506 g/mol. The molecule has 1 heterocycles. The van der Waals surface area contributed by atoms with Crippen LogP contribution >= 0.6 is 0 Å². The molecular formula is C30H32F2N2O3. The molecule has 0 bridgehead atoms. The van der Waals surface area contributed by atoms with Gasteiger partial charge in [0, 0.05) is 5.69 Å². The summed E-state index contributed by atoms with van der Waals surface area (Å²) in [6, 6.07) is 19.4. The van der Waals surface area contributed by atoms with Gasteiger partial charge in [-0.05, 0) is 80.1 Å². The summed E-state index contributed by atoms with van der Waals surface area (Å²) < 4.78 is 32.2. The fraction of sp³-hybridized carbons (Fsp3) is 0.333. The van der Waals surface area contributed by atoms with Gasteiger partial charge < -0.3 is 10.1 Å². The molecule has 1 N–H and O–H groups in total. The summed E-state index contributed by atoms with van der Waals surface area (Å²) in [5, 5.41) is 3.43. The summed E-state index contributed by atoms with van der Waals surface area (Å²) >= 11 is 0. The Morgan fingerprint density at radius 3 is 2.08 bits per heavy atom. The predicted molar refractivity (Wildman–Crippen MR) is 139 cm³/mol. The highest BCUT2D eigenvalue weighted by Crippen LogP contribution is 2.35. The van der Waals surface area contributed by atoms with Gasteiger partial charge in [-0.1, -0.05) is 48.9 Å². The number of hydrogen-bond donors (Lipinski definition) is 1. The molecule has 0 aromatic heterocycles. The highest BCUT2D eigenvalue weighted by molar-refractivity contribution is 5.95. The summed E-state index contributed by atoms with van der Waals surface area (Å²) in [6.45, 7) is 5.97. The van der Waals surface area contributed by atoms with E-state index in [1.54, 1.807) is 31.2 Å². The zero-order chi connectivity index (χ0) is 26.5. The van der Waals surface area contributed by atoms with Crippen molar-refractivity contribution in [1.82, 2.24) is 4.90 Å². The van der Waals surface area contributed by atoms with Gasteiger partial charge in [0.1, 0.15) is 18.2 Å². The van der Waals surface area contributed by atoms with Gasteiger partial charge in [-0.3, -0.25) is 4.79 Å². The van der Waals surface area contributed by atoms with E-state index in [4.69, 9.17) is 4.74 Å². The van der Waals surface area contributed by atoms with Crippen LogP contribution in [0.4, 0.5) is 19.3 Å². The lowest BCUT2D eigenvalue weighted by Gasteiger charge is -2.32. The first-order chi connectivity index (χ1) is 17.7. The highest BCUT2D eigenvalue weighted by atomic mass is 19.1. The fourth-order valence-electron chi connectivity index (χ4n) is 4.74. The van der Waals surface area contributed by atoms with Crippen LogP contribution in [0, 0.1) is 24.5 Å². The van der Waals surface area contributed by atoms with E-state index in [0.717, 1.165) is 16.7 Å². The number of benzene rings is 3. The number of carbonyl (C=O) groups excluding carboxylic acids is 2. The molecule has 0 aliphatic carbocycles. The predicted octanol–water partition coefficient (Wildman–Crippen LogP) is 6.99. The van der Waals surface area contributed by atoms with E-state index in [1.165, 1.54) is 29.2 Å². The number of nitrogens with zero attached hydrogens (tertiary/aromatic N) is 1. The molecular weight excluding hydrogens is 474 g/mol. The topological polar surface area (TPSA) is 58.6 Å². The standard InChI is InChI=1S/C30H32F2N2O3/c1-19-4-7-23(8-5-19)28(33-26-15-13-25(32)14-16-26)27(29(35)34-21(3)18-37-30(34)36)17-6-20(2)22-9-11-24(31)12-10-22/h4-5,7-16,20-21,27-28,33H,6,17-18H2,1-3H3/t20-,21-,27+,28+/m0/s1. The average Bonchev–Trinajstić information content (AvgIpc) is 3.23. The summed E-state index contributed by atoms with van der Waals surface area (Å²) in [6.07, 6.45) is 0.450. The first-order valence-corrected chi connectivity index (χ1v) is 12.6. The molecule has 5 nitrogen and oxygen atoms in total. The van der Waals surface area contributed by atoms with Crippen molar-refractivity contribution in [3.8, 4) is 0 Å².